The molecule has 2 N–H and O–H groups in total. The Labute approximate surface area is 167 Å². The van der Waals surface area contributed by atoms with E-state index in [9.17, 15) is 14.7 Å². The lowest BCUT2D eigenvalue weighted by Crippen LogP contribution is -2.14. The predicted octanol–water partition coefficient (Wildman–Crippen LogP) is 5.17. The van der Waals surface area contributed by atoms with E-state index in [1.165, 1.54) is 36.7 Å². The number of carbonyl (C=O) groups excluding carboxylic acids is 1. The zero-order valence-electron chi connectivity index (χ0n) is 16.0. The number of rotatable bonds is 4. The average Bonchev–Trinajstić information content (AvgIpc) is 3.25. The van der Waals surface area contributed by atoms with Crippen LogP contribution in [0.5, 0.6) is 0 Å². The van der Waals surface area contributed by atoms with E-state index in [4.69, 9.17) is 5.10 Å². The number of nitrogens with zero attached hydrogens (tertiary/aromatic N) is 2. The fraction of sp³-hybridized carbons (Fsp3) is 0.381. The molecule has 0 unspecified atom stereocenters. The van der Waals surface area contributed by atoms with Gasteiger partial charge in [0.15, 0.2) is 0 Å². The number of aromatic nitrogens is 2. The zero-order valence-corrected chi connectivity index (χ0v) is 16.8. The van der Waals surface area contributed by atoms with Crippen molar-refractivity contribution < 1.29 is 14.7 Å². The molecule has 1 amide bonds. The number of benzene rings is 1. The van der Waals surface area contributed by atoms with E-state index in [0.717, 1.165) is 28.8 Å². The van der Waals surface area contributed by atoms with Crippen molar-refractivity contribution in [1.82, 2.24) is 9.78 Å². The van der Waals surface area contributed by atoms with Crippen molar-refractivity contribution in [2.24, 2.45) is 0 Å². The first-order chi connectivity index (χ1) is 13.5. The summed E-state index contributed by atoms with van der Waals surface area (Å²) in [5.74, 6) is -1.22. The molecule has 7 heteroatoms. The van der Waals surface area contributed by atoms with Gasteiger partial charge in [0.1, 0.15) is 4.83 Å². The third-order valence-electron chi connectivity index (χ3n) is 5.52. The van der Waals surface area contributed by atoms with E-state index in [0.29, 0.717) is 22.2 Å². The summed E-state index contributed by atoms with van der Waals surface area (Å²) in [7, 11) is 0. The van der Waals surface area contributed by atoms with Crippen molar-refractivity contribution in [2.45, 2.75) is 52.0 Å². The Morgan fingerprint density at radius 3 is 2.68 bits per heavy atom. The Kier molecular flexibility index (Phi) is 4.93. The maximum absolute atomic E-state index is 12.8. The summed E-state index contributed by atoms with van der Waals surface area (Å²) in [6, 6.07) is 7.21. The summed E-state index contributed by atoms with van der Waals surface area (Å²) in [5.41, 5.74) is 2.21. The third-order valence-corrected chi connectivity index (χ3v) is 6.65. The van der Waals surface area contributed by atoms with Crippen molar-refractivity contribution in [3.8, 4) is 0 Å². The van der Waals surface area contributed by atoms with Gasteiger partial charge in [-0.1, -0.05) is 25.3 Å². The predicted molar refractivity (Wildman–Crippen MR) is 111 cm³/mol. The minimum Gasteiger partial charge on any atom is -0.478 e. The highest BCUT2D eigenvalue weighted by atomic mass is 32.1. The second-order valence-corrected chi connectivity index (χ2v) is 8.42. The Balaban J connectivity index is 1.64. The van der Waals surface area contributed by atoms with Crippen molar-refractivity contribution in [3.63, 3.8) is 0 Å². The molecule has 0 saturated heterocycles. The Morgan fingerprint density at radius 2 is 1.96 bits per heavy atom. The minimum atomic E-state index is -1.00. The lowest BCUT2D eigenvalue weighted by Gasteiger charge is -2.22. The molecule has 0 atom stereocenters. The molecule has 3 aromatic rings. The number of nitrogens with one attached hydrogen (secondary N) is 1. The molecule has 4 rings (SSSR count). The summed E-state index contributed by atoms with van der Waals surface area (Å²) in [6.07, 6.45) is 6.01. The number of hydrogen-bond acceptors (Lipinski definition) is 4. The minimum absolute atomic E-state index is 0.193. The maximum atomic E-state index is 12.8. The second kappa shape index (κ2) is 7.39. The topological polar surface area (TPSA) is 84.2 Å². The van der Waals surface area contributed by atoms with Crippen LogP contribution < -0.4 is 5.32 Å². The number of thiophene rings is 1. The van der Waals surface area contributed by atoms with E-state index in [1.807, 2.05) is 13.0 Å². The van der Waals surface area contributed by atoms with Gasteiger partial charge >= 0.3 is 5.97 Å². The van der Waals surface area contributed by atoms with Gasteiger partial charge in [0, 0.05) is 11.1 Å². The molecule has 2 heterocycles. The molecule has 2 aromatic heterocycles. The fourth-order valence-corrected chi connectivity index (χ4v) is 5.07. The number of carboxylic acid groups (broad SMARTS) is 1. The first kappa shape index (κ1) is 18.7. The number of anilines is 1. The molecule has 28 heavy (non-hydrogen) atoms. The van der Waals surface area contributed by atoms with E-state index >= 15 is 0 Å². The van der Waals surface area contributed by atoms with Crippen LogP contribution in [0.1, 0.15) is 69.4 Å². The number of carbonyl (C=O) groups is 2. The normalized spacial score (nSPS) is 15.1. The summed E-state index contributed by atoms with van der Waals surface area (Å²) < 4.78 is 2.11. The summed E-state index contributed by atoms with van der Waals surface area (Å²) in [5, 5.41) is 17.9. The molecule has 6 nitrogen and oxygen atoms in total. The van der Waals surface area contributed by atoms with Crippen LogP contribution in [0.3, 0.4) is 0 Å². The Bertz CT molecular complexity index is 1060. The largest absolute Gasteiger partial charge is 0.478 e. The van der Waals surface area contributed by atoms with E-state index < -0.39 is 5.97 Å². The number of aryl methyl sites for hydroxylation is 1. The van der Waals surface area contributed by atoms with Gasteiger partial charge in [-0.05, 0) is 50.5 Å². The molecule has 1 saturated carbocycles. The van der Waals surface area contributed by atoms with Crippen LogP contribution in [0.4, 0.5) is 5.69 Å². The molecule has 1 aromatic carbocycles. The van der Waals surface area contributed by atoms with Gasteiger partial charge < -0.3 is 10.4 Å². The molecular formula is C21H23N3O3S. The molecule has 0 aliphatic heterocycles. The highest BCUT2D eigenvalue weighted by molar-refractivity contribution is 7.20. The number of carboxylic acids is 1. The number of aromatic carboxylic acids is 1. The lowest BCUT2D eigenvalue weighted by molar-refractivity contribution is 0.0695. The van der Waals surface area contributed by atoms with Gasteiger partial charge in [-0.2, -0.15) is 5.10 Å². The molecule has 1 aliphatic rings. The number of fused-ring (bicyclic) bond motifs is 1. The van der Waals surface area contributed by atoms with Crippen LogP contribution in [-0.2, 0) is 0 Å². The molecule has 146 valence electrons. The van der Waals surface area contributed by atoms with Gasteiger partial charge in [-0.25, -0.2) is 4.79 Å². The third kappa shape index (κ3) is 3.30. The van der Waals surface area contributed by atoms with Gasteiger partial charge in [0.05, 0.1) is 22.2 Å². The molecular weight excluding hydrogens is 374 g/mol. The van der Waals surface area contributed by atoms with Crippen molar-refractivity contribution in [3.05, 3.63) is 46.0 Å². The Morgan fingerprint density at radius 1 is 1.21 bits per heavy atom. The van der Waals surface area contributed by atoms with Crippen LogP contribution in [0.2, 0.25) is 0 Å². The average molecular weight is 398 g/mol. The smallest absolute Gasteiger partial charge is 0.336 e. The molecule has 0 bridgehead atoms. The standard InChI is InChI=1S/C21H23N3O3S/c1-12-15(21(26)27)9-6-10-17(12)22-19(25)18-11-16-13(2)23-24(20(16)28-18)14-7-4-3-5-8-14/h6,9-11,14H,3-5,7-8H2,1-2H3,(H,22,25)(H,26,27). The van der Waals surface area contributed by atoms with Gasteiger partial charge in [-0.3, -0.25) is 9.48 Å². The van der Waals surface area contributed by atoms with Gasteiger partial charge in [-0.15, -0.1) is 11.3 Å². The quantitative estimate of drug-likeness (QED) is 0.636. The van der Waals surface area contributed by atoms with Crippen molar-refractivity contribution in [2.75, 3.05) is 5.32 Å². The SMILES string of the molecule is Cc1c(NC(=O)c2cc3c(C)nn(C4CCCCC4)c3s2)cccc1C(=O)O. The molecule has 1 aliphatic carbocycles. The highest BCUT2D eigenvalue weighted by Gasteiger charge is 2.23. The van der Waals surface area contributed by atoms with Gasteiger partial charge in [0.2, 0.25) is 0 Å². The number of hydrogen-bond donors (Lipinski definition) is 2. The van der Waals surface area contributed by atoms with Crippen molar-refractivity contribution >= 4 is 39.1 Å². The second-order valence-electron chi connectivity index (χ2n) is 7.39. The van der Waals surface area contributed by atoms with Gasteiger partial charge in [0.25, 0.3) is 5.91 Å². The highest BCUT2D eigenvalue weighted by Crippen LogP contribution is 2.35. The Hall–Kier alpha value is -2.67. The zero-order chi connectivity index (χ0) is 19.8. The first-order valence-corrected chi connectivity index (χ1v) is 10.4. The van der Waals surface area contributed by atoms with E-state index in [1.54, 1.807) is 19.1 Å². The first-order valence-electron chi connectivity index (χ1n) is 9.58. The summed E-state index contributed by atoms with van der Waals surface area (Å²) >= 11 is 1.45. The van der Waals surface area contributed by atoms with Crippen LogP contribution in [0, 0.1) is 13.8 Å². The van der Waals surface area contributed by atoms with Crippen LogP contribution in [-0.4, -0.2) is 26.8 Å². The number of amides is 1. The van der Waals surface area contributed by atoms with Crippen LogP contribution in [0.15, 0.2) is 24.3 Å². The molecule has 0 radical (unpaired) electrons. The summed E-state index contributed by atoms with van der Waals surface area (Å²) in [6.45, 7) is 3.69. The van der Waals surface area contributed by atoms with Crippen LogP contribution in [0.25, 0.3) is 10.2 Å². The van der Waals surface area contributed by atoms with E-state index in [2.05, 4.69) is 10.00 Å². The molecule has 0 spiro atoms. The van der Waals surface area contributed by atoms with E-state index in [-0.39, 0.29) is 11.5 Å². The van der Waals surface area contributed by atoms with Crippen LogP contribution >= 0.6 is 11.3 Å². The monoisotopic (exact) mass is 397 g/mol. The lowest BCUT2D eigenvalue weighted by atomic mass is 9.96. The fourth-order valence-electron chi connectivity index (χ4n) is 3.94. The summed E-state index contributed by atoms with van der Waals surface area (Å²) in [4.78, 5) is 25.8. The molecule has 1 fully saturated rings. The maximum Gasteiger partial charge on any atom is 0.336 e. The van der Waals surface area contributed by atoms with Crippen molar-refractivity contribution in [1.29, 1.82) is 0 Å².